The number of benzene rings is 1. The second kappa shape index (κ2) is 7.42. The molecule has 0 bridgehead atoms. The van der Waals surface area contributed by atoms with E-state index in [0.717, 1.165) is 31.5 Å². The molecule has 1 aliphatic rings. The number of nitrogens with zero attached hydrogens (tertiary/aromatic N) is 3. The molecule has 2 heterocycles. The summed E-state index contributed by atoms with van der Waals surface area (Å²) in [4.78, 5) is 15.0. The van der Waals surface area contributed by atoms with E-state index in [-0.39, 0.29) is 11.9 Å². The van der Waals surface area contributed by atoms with E-state index in [1.807, 2.05) is 59.1 Å². The van der Waals surface area contributed by atoms with Crippen LogP contribution in [0.25, 0.3) is 0 Å². The molecule has 0 unspecified atom stereocenters. The third-order valence-corrected chi connectivity index (χ3v) is 4.28. The van der Waals surface area contributed by atoms with Crippen LogP contribution in [0, 0.1) is 0 Å². The summed E-state index contributed by atoms with van der Waals surface area (Å²) >= 11 is 0. The minimum absolute atomic E-state index is 0.0627. The SMILES string of the molecule is CCO[C@@H](C(=O)N1CCC[C@H]1Cn1cccn1)c1ccccc1. The van der Waals surface area contributed by atoms with Crippen LogP contribution >= 0.6 is 0 Å². The van der Waals surface area contributed by atoms with Gasteiger partial charge < -0.3 is 9.64 Å². The van der Waals surface area contributed by atoms with Gasteiger partial charge in [0.05, 0.1) is 12.6 Å². The zero-order valence-corrected chi connectivity index (χ0v) is 13.5. The number of hydrogen-bond acceptors (Lipinski definition) is 3. The molecule has 0 saturated carbocycles. The van der Waals surface area contributed by atoms with Gasteiger partial charge in [-0.25, -0.2) is 0 Å². The molecule has 1 fully saturated rings. The largest absolute Gasteiger partial charge is 0.364 e. The fourth-order valence-electron chi connectivity index (χ4n) is 3.20. The summed E-state index contributed by atoms with van der Waals surface area (Å²) < 4.78 is 7.67. The van der Waals surface area contributed by atoms with Crippen molar-refractivity contribution in [1.82, 2.24) is 14.7 Å². The summed E-state index contributed by atoms with van der Waals surface area (Å²) in [6, 6.07) is 11.9. The topological polar surface area (TPSA) is 47.4 Å². The molecule has 1 amide bonds. The Morgan fingerprint density at radius 2 is 2.17 bits per heavy atom. The van der Waals surface area contributed by atoms with Crippen molar-refractivity contribution in [2.24, 2.45) is 0 Å². The number of amides is 1. The van der Waals surface area contributed by atoms with Crippen molar-refractivity contribution in [3.8, 4) is 0 Å². The normalized spacial score (nSPS) is 19.0. The molecule has 1 aromatic heterocycles. The highest BCUT2D eigenvalue weighted by Crippen LogP contribution is 2.26. The Balaban J connectivity index is 1.76. The van der Waals surface area contributed by atoms with Crippen molar-refractivity contribution in [2.75, 3.05) is 13.2 Å². The Morgan fingerprint density at radius 3 is 2.87 bits per heavy atom. The van der Waals surface area contributed by atoms with Gasteiger partial charge in [-0.15, -0.1) is 0 Å². The van der Waals surface area contributed by atoms with E-state index < -0.39 is 6.10 Å². The number of aromatic nitrogens is 2. The zero-order chi connectivity index (χ0) is 16.1. The third kappa shape index (κ3) is 3.62. The quantitative estimate of drug-likeness (QED) is 0.824. The Kier molecular flexibility index (Phi) is 5.08. The first-order valence-corrected chi connectivity index (χ1v) is 8.24. The lowest BCUT2D eigenvalue weighted by Crippen LogP contribution is -2.41. The summed E-state index contributed by atoms with van der Waals surface area (Å²) in [7, 11) is 0. The van der Waals surface area contributed by atoms with Gasteiger partial charge in [-0.2, -0.15) is 5.10 Å². The van der Waals surface area contributed by atoms with Crippen LogP contribution in [0.2, 0.25) is 0 Å². The van der Waals surface area contributed by atoms with E-state index in [0.29, 0.717) is 6.61 Å². The molecule has 3 rings (SSSR count). The number of rotatable bonds is 6. The standard InChI is InChI=1S/C18H23N3O2/c1-2-23-17(15-8-4-3-5-9-15)18(22)21-13-6-10-16(21)14-20-12-7-11-19-20/h3-5,7-9,11-12,16-17H,2,6,10,13-14H2,1H3/t16-,17+/m0/s1. The average molecular weight is 313 g/mol. The maximum Gasteiger partial charge on any atom is 0.256 e. The van der Waals surface area contributed by atoms with Crippen LogP contribution in [0.4, 0.5) is 0 Å². The van der Waals surface area contributed by atoms with E-state index in [2.05, 4.69) is 5.10 Å². The van der Waals surface area contributed by atoms with E-state index >= 15 is 0 Å². The van der Waals surface area contributed by atoms with Gasteiger partial charge in [-0.05, 0) is 31.4 Å². The van der Waals surface area contributed by atoms with Gasteiger partial charge in [-0.1, -0.05) is 30.3 Å². The second-order valence-electron chi connectivity index (χ2n) is 5.80. The van der Waals surface area contributed by atoms with Crippen molar-refractivity contribution < 1.29 is 9.53 Å². The number of carbonyl (C=O) groups is 1. The predicted octanol–water partition coefficient (Wildman–Crippen LogP) is 2.65. The smallest absolute Gasteiger partial charge is 0.256 e. The summed E-state index contributed by atoms with van der Waals surface area (Å²) in [5.74, 6) is 0.0627. The molecule has 0 spiro atoms. The molecule has 1 saturated heterocycles. The molecule has 0 aliphatic carbocycles. The number of likely N-dealkylation sites (tertiary alicyclic amines) is 1. The fourth-order valence-corrected chi connectivity index (χ4v) is 3.20. The van der Waals surface area contributed by atoms with Gasteiger partial charge in [0.25, 0.3) is 5.91 Å². The third-order valence-electron chi connectivity index (χ3n) is 4.28. The molecule has 5 heteroatoms. The summed E-state index contributed by atoms with van der Waals surface area (Å²) in [6.07, 6.45) is 5.25. The average Bonchev–Trinajstić information content (AvgIpc) is 3.25. The molecule has 122 valence electrons. The van der Waals surface area contributed by atoms with E-state index in [1.54, 1.807) is 6.20 Å². The Morgan fingerprint density at radius 1 is 1.35 bits per heavy atom. The van der Waals surface area contributed by atoms with Crippen LogP contribution in [0.15, 0.2) is 48.8 Å². The zero-order valence-electron chi connectivity index (χ0n) is 13.5. The molecule has 2 atom stereocenters. The van der Waals surface area contributed by atoms with Crippen molar-refractivity contribution in [3.63, 3.8) is 0 Å². The predicted molar refractivity (Wildman–Crippen MR) is 87.8 cm³/mol. The van der Waals surface area contributed by atoms with Crippen molar-refractivity contribution in [3.05, 3.63) is 54.4 Å². The van der Waals surface area contributed by atoms with Gasteiger partial charge in [0.15, 0.2) is 6.10 Å². The van der Waals surface area contributed by atoms with Crippen molar-refractivity contribution in [2.45, 2.75) is 38.5 Å². The highest BCUT2D eigenvalue weighted by Gasteiger charge is 2.34. The summed E-state index contributed by atoms with van der Waals surface area (Å²) in [5.41, 5.74) is 0.920. The second-order valence-corrected chi connectivity index (χ2v) is 5.80. The minimum Gasteiger partial charge on any atom is -0.364 e. The van der Waals surface area contributed by atoms with Crippen LogP contribution in [0.1, 0.15) is 31.4 Å². The van der Waals surface area contributed by atoms with E-state index in [4.69, 9.17) is 4.74 Å². The molecule has 1 aliphatic heterocycles. The molecule has 23 heavy (non-hydrogen) atoms. The van der Waals surface area contributed by atoms with Crippen molar-refractivity contribution in [1.29, 1.82) is 0 Å². The molecule has 1 aromatic carbocycles. The first kappa shape index (κ1) is 15.7. The minimum atomic E-state index is -0.514. The summed E-state index contributed by atoms with van der Waals surface area (Å²) in [5, 5.41) is 4.26. The monoisotopic (exact) mass is 313 g/mol. The highest BCUT2D eigenvalue weighted by molar-refractivity contribution is 5.83. The maximum absolute atomic E-state index is 13.0. The molecular weight excluding hydrogens is 290 g/mol. The number of carbonyl (C=O) groups excluding carboxylic acids is 1. The Hall–Kier alpha value is -2.14. The number of hydrogen-bond donors (Lipinski definition) is 0. The molecule has 0 N–H and O–H groups in total. The van der Waals surface area contributed by atoms with E-state index in [9.17, 15) is 4.79 Å². The van der Waals surface area contributed by atoms with Crippen LogP contribution in [0.5, 0.6) is 0 Å². The van der Waals surface area contributed by atoms with Gasteiger partial charge >= 0.3 is 0 Å². The van der Waals surface area contributed by atoms with Gasteiger partial charge in [0.1, 0.15) is 0 Å². The lowest BCUT2D eigenvalue weighted by Gasteiger charge is -2.29. The van der Waals surface area contributed by atoms with Crippen LogP contribution in [-0.2, 0) is 16.1 Å². The molecular formula is C18H23N3O2. The number of ether oxygens (including phenoxy) is 1. The van der Waals surface area contributed by atoms with Crippen LogP contribution < -0.4 is 0 Å². The van der Waals surface area contributed by atoms with Gasteiger partial charge in [0.2, 0.25) is 0 Å². The van der Waals surface area contributed by atoms with Gasteiger partial charge in [-0.3, -0.25) is 9.48 Å². The van der Waals surface area contributed by atoms with Gasteiger partial charge in [0, 0.05) is 25.5 Å². The fraction of sp³-hybridized carbons (Fsp3) is 0.444. The first-order valence-electron chi connectivity index (χ1n) is 8.24. The summed E-state index contributed by atoms with van der Waals surface area (Å²) in [6.45, 7) is 3.98. The van der Waals surface area contributed by atoms with E-state index in [1.165, 1.54) is 0 Å². The Labute approximate surface area is 136 Å². The molecule has 5 nitrogen and oxygen atoms in total. The van der Waals surface area contributed by atoms with Crippen LogP contribution in [0.3, 0.4) is 0 Å². The lowest BCUT2D eigenvalue weighted by atomic mass is 10.1. The maximum atomic E-state index is 13.0. The van der Waals surface area contributed by atoms with Crippen LogP contribution in [-0.4, -0.2) is 39.8 Å². The Bertz CT molecular complexity index is 612. The molecule has 0 radical (unpaired) electrons. The lowest BCUT2D eigenvalue weighted by molar-refractivity contribution is -0.145. The van der Waals surface area contributed by atoms with Crippen molar-refractivity contribution >= 4 is 5.91 Å². The highest BCUT2D eigenvalue weighted by atomic mass is 16.5. The first-order chi connectivity index (χ1) is 11.3. The molecule has 2 aromatic rings.